The maximum absolute atomic E-state index is 11.1. The van der Waals surface area contributed by atoms with Gasteiger partial charge in [-0.3, -0.25) is 19.4 Å². The molecule has 1 heterocycles. The van der Waals surface area contributed by atoms with Crippen LogP contribution in [0.3, 0.4) is 0 Å². The molecule has 0 fully saturated rings. The number of hydrogen-bond acceptors (Lipinski definition) is 5. The monoisotopic (exact) mass is 250 g/mol. The molecule has 0 saturated carbocycles. The molecule has 0 aliphatic heterocycles. The van der Waals surface area contributed by atoms with Gasteiger partial charge in [0.05, 0.1) is 11.0 Å². The van der Waals surface area contributed by atoms with Crippen LogP contribution < -0.4 is 10.3 Å². The summed E-state index contributed by atoms with van der Waals surface area (Å²) >= 11 is 0. The number of nitrogens with one attached hydrogen (secondary N) is 1. The third kappa shape index (κ3) is 1.79. The largest absolute Gasteiger partial charge is 0.438 e. The number of benzene rings is 1. The lowest BCUT2D eigenvalue weighted by atomic mass is 10.2. The van der Waals surface area contributed by atoms with E-state index in [1.807, 2.05) is 0 Å². The van der Waals surface area contributed by atoms with Crippen molar-refractivity contribution in [3.63, 3.8) is 0 Å². The Labute approximate surface area is 99.6 Å². The average Bonchev–Trinajstić information content (AvgIpc) is 2.70. The van der Waals surface area contributed by atoms with Gasteiger partial charge in [0.2, 0.25) is 12.0 Å². The first kappa shape index (κ1) is 11.7. The second-order valence-electron chi connectivity index (χ2n) is 3.55. The van der Waals surface area contributed by atoms with Gasteiger partial charge in [0, 0.05) is 11.6 Å². The van der Waals surface area contributed by atoms with Gasteiger partial charge in [-0.1, -0.05) is 0 Å². The maximum atomic E-state index is 11.1. The molecule has 92 valence electrons. The number of aromatic amines is 1. The highest BCUT2D eigenvalue weighted by molar-refractivity contribution is 5.68. The number of aldehydes is 1. The van der Waals surface area contributed by atoms with Crippen molar-refractivity contribution in [1.29, 1.82) is 0 Å². The topological polar surface area (TPSA) is 110 Å². The minimum Gasteiger partial charge on any atom is -0.291 e. The Kier molecular flexibility index (Phi) is 2.76. The van der Waals surface area contributed by atoms with Gasteiger partial charge in [0.1, 0.15) is 0 Å². The van der Waals surface area contributed by atoms with Crippen LogP contribution in [0.1, 0.15) is 16.1 Å². The zero-order valence-electron chi connectivity index (χ0n) is 9.25. The van der Waals surface area contributed by atoms with Crippen molar-refractivity contribution in [2.24, 2.45) is 0 Å². The van der Waals surface area contributed by atoms with E-state index in [0.29, 0.717) is 11.8 Å². The lowest BCUT2D eigenvalue weighted by molar-refractivity contribution is -0.671. The SMILES string of the molecule is Cc1ccc(-[n+]2[nH]oc(=O)c2C=O)cc1[N+](=O)[O-]. The molecule has 0 radical (unpaired) electrons. The quantitative estimate of drug-likeness (QED) is 0.364. The summed E-state index contributed by atoms with van der Waals surface area (Å²) in [6.45, 7) is 1.59. The van der Waals surface area contributed by atoms with Crippen LogP contribution in [-0.4, -0.2) is 16.5 Å². The van der Waals surface area contributed by atoms with Gasteiger partial charge in [-0.15, -0.1) is 0 Å². The zero-order valence-corrected chi connectivity index (χ0v) is 9.25. The van der Waals surface area contributed by atoms with Gasteiger partial charge in [-0.2, -0.15) is 0 Å². The van der Waals surface area contributed by atoms with E-state index in [2.05, 4.69) is 9.79 Å². The number of H-pyrrole nitrogens is 1. The molecule has 1 N–H and O–H groups in total. The first-order chi connectivity index (χ1) is 8.54. The van der Waals surface area contributed by atoms with Gasteiger partial charge in [-0.25, -0.2) is 4.79 Å². The number of hydrogen-bond donors (Lipinski definition) is 1. The molecule has 8 nitrogen and oxygen atoms in total. The summed E-state index contributed by atoms with van der Waals surface area (Å²) in [6, 6.07) is 4.29. The minimum atomic E-state index is -0.840. The Morgan fingerprint density at radius 3 is 2.83 bits per heavy atom. The predicted molar refractivity (Wildman–Crippen MR) is 57.6 cm³/mol. The van der Waals surface area contributed by atoms with E-state index in [-0.39, 0.29) is 17.1 Å². The number of aromatic nitrogens is 2. The van der Waals surface area contributed by atoms with Crippen LogP contribution in [0.25, 0.3) is 5.69 Å². The molecule has 8 heteroatoms. The summed E-state index contributed by atoms with van der Waals surface area (Å²) in [7, 11) is 0. The van der Waals surface area contributed by atoms with E-state index < -0.39 is 10.5 Å². The third-order valence-corrected chi connectivity index (χ3v) is 2.44. The highest BCUT2D eigenvalue weighted by Crippen LogP contribution is 2.18. The van der Waals surface area contributed by atoms with E-state index in [1.165, 1.54) is 18.2 Å². The van der Waals surface area contributed by atoms with Crippen molar-refractivity contribution in [1.82, 2.24) is 5.27 Å². The van der Waals surface area contributed by atoms with Gasteiger partial charge in [-0.05, 0) is 22.9 Å². The Morgan fingerprint density at radius 1 is 1.50 bits per heavy atom. The first-order valence-electron chi connectivity index (χ1n) is 4.88. The van der Waals surface area contributed by atoms with E-state index in [4.69, 9.17) is 0 Å². The molecule has 0 amide bonds. The van der Waals surface area contributed by atoms with Crippen molar-refractivity contribution in [3.8, 4) is 5.69 Å². The number of nitro groups is 1. The molecule has 1 aromatic carbocycles. The molecular formula is C10H8N3O5+. The molecule has 18 heavy (non-hydrogen) atoms. The van der Waals surface area contributed by atoms with Crippen LogP contribution in [0.2, 0.25) is 0 Å². The molecule has 0 saturated heterocycles. The summed E-state index contributed by atoms with van der Waals surface area (Å²) in [5.74, 6) is 0. The Bertz CT molecular complexity index is 685. The fraction of sp³-hybridized carbons (Fsp3) is 0.100. The van der Waals surface area contributed by atoms with Crippen LogP contribution in [0, 0.1) is 17.0 Å². The van der Waals surface area contributed by atoms with Crippen LogP contribution in [0.4, 0.5) is 5.69 Å². The second-order valence-corrected chi connectivity index (χ2v) is 3.55. The minimum absolute atomic E-state index is 0.112. The molecule has 0 atom stereocenters. The van der Waals surface area contributed by atoms with Gasteiger partial charge in [0.25, 0.3) is 5.69 Å². The van der Waals surface area contributed by atoms with Crippen LogP contribution >= 0.6 is 0 Å². The van der Waals surface area contributed by atoms with Crippen molar-refractivity contribution < 1.29 is 18.9 Å². The number of aryl methyl sites for hydroxylation is 1. The Morgan fingerprint density at radius 2 is 2.22 bits per heavy atom. The fourth-order valence-electron chi connectivity index (χ4n) is 1.51. The number of carbonyl (C=O) groups excluding carboxylic acids is 1. The van der Waals surface area contributed by atoms with E-state index in [0.717, 1.165) is 4.68 Å². The molecule has 0 aliphatic rings. The van der Waals surface area contributed by atoms with Gasteiger partial charge < -0.3 is 0 Å². The molecule has 0 spiro atoms. The van der Waals surface area contributed by atoms with Crippen molar-refractivity contribution in [2.45, 2.75) is 6.92 Å². The number of rotatable bonds is 3. The zero-order chi connectivity index (χ0) is 13.3. The summed E-state index contributed by atoms with van der Waals surface area (Å²) in [4.78, 5) is 32.1. The Hall–Kier alpha value is -2.77. The van der Waals surface area contributed by atoms with Crippen molar-refractivity contribution in [2.75, 3.05) is 0 Å². The van der Waals surface area contributed by atoms with Gasteiger partial charge in [0.15, 0.2) is 0 Å². The summed E-state index contributed by atoms with van der Waals surface area (Å²) in [5.41, 5.74) is -0.483. The van der Waals surface area contributed by atoms with Crippen molar-refractivity contribution >= 4 is 12.0 Å². The fourth-order valence-corrected chi connectivity index (χ4v) is 1.51. The van der Waals surface area contributed by atoms with Crippen LogP contribution in [0.15, 0.2) is 27.5 Å². The average molecular weight is 250 g/mol. The van der Waals surface area contributed by atoms with Crippen LogP contribution in [-0.2, 0) is 0 Å². The summed E-state index contributed by atoms with van der Waals surface area (Å²) in [6.07, 6.45) is 0.314. The normalized spacial score (nSPS) is 10.3. The highest BCUT2D eigenvalue weighted by Gasteiger charge is 2.25. The van der Waals surface area contributed by atoms with Crippen LogP contribution in [0.5, 0.6) is 0 Å². The molecule has 0 bridgehead atoms. The lowest BCUT2D eigenvalue weighted by Crippen LogP contribution is -2.38. The Balaban J connectivity index is 2.65. The maximum Gasteiger partial charge on any atom is 0.438 e. The van der Waals surface area contributed by atoms with E-state index >= 15 is 0 Å². The van der Waals surface area contributed by atoms with E-state index in [9.17, 15) is 19.7 Å². The van der Waals surface area contributed by atoms with Gasteiger partial charge >= 0.3 is 11.3 Å². The molecule has 2 rings (SSSR count). The number of carbonyl (C=O) groups is 1. The summed E-state index contributed by atoms with van der Waals surface area (Å²) < 4.78 is 5.50. The summed E-state index contributed by atoms with van der Waals surface area (Å²) in [5, 5.41) is 13.0. The molecule has 0 unspecified atom stereocenters. The molecule has 2 aromatic rings. The van der Waals surface area contributed by atoms with Crippen molar-refractivity contribution in [3.05, 3.63) is 50.0 Å². The highest BCUT2D eigenvalue weighted by atomic mass is 16.6. The standard InChI is InChI=1S/C10H7N3O5/c1-6-2-3-7(4-8(6)13(16)17)12-9(5-14)10(15)18-11-12/h2-5H,1H3/p+1. The smallest absolute Gasteiger partial charge is 0.291 e. The molecular weight excluding hydrogens is 242 g/mol. The van der Waals surface area contributed by atoms with E-state index in [1.54, 1.807) is 6.92 Å². The number of nitro benzene ring substituents is 1. The third-order valence-electron chi connectivity index (χ3n) is 2.44. The molecule has 1 aromatic heterocycles. The number of nitrogens with zero attached hydrogens (tertiary/aromatic N) is 2. The first-order valence-corrected chi connectivity index (χ1v) is 4.88. The second kappa shape index (κ2) is 4.24. The molecule has 0 aliphatic carbocycles. The lowest BCUT2D eigenvalue weighted by Gasteiger charge is -1.96. The predicted octanol–water partition coefficient (Wildman–Crippen LogP) is 0.274.